The van der Waals surface area contributed by atoms with Crippen molar-refractivity contribution in [3.8, 4) is 11.4 Å². The van der Waals surface area contributed by atoms with Crippen LogP contribution in [0.3, 0.4) is 0 Å². The maximum atomic E-state index is 6.02. The monoisotopic (exact) mass is 306 g/mol. The fourth-order valence-electron chi connectivity index (χ4n) is 1.81. The smallest absolute Gasteiger partial charge is 0.145 e. The highest BCUT2D eigenvalue weighted by atomic mass is 79.9. The van der Waals surface area contributed by atoms with Crippen LogP contribution in [0.1, 0.15) is 0 Å². The first-order valence-electron chi connectivity index (χ1n) is 5.14. The zero-order chi connectivity index (χ0) is 11.8. The SMILES string of the molecule is Clc1ccc2c(Br)nc(-c3ccccc3)n2c1. The first kappa shape index (κ1) is 10.8. The molecular formula is C13H8BrClN2. The van der Waals surface area contributed by atoms with Gasteiger partial charge in [0, 0.05) is 11.8 Å². The second-order valence-corrected chi connectivity index (χ2v) is 4.88. The third-order valence-corrected chi connectivity index (χ3v) is 3.40. The summed E-state index contributed by atoms with van der Waals surface area (Å²) in [5.41, 5.74) is 2.07. The predicted octanol–water partition coefficient (Wildman–Crippen LogP) is 4.42. The molecule has 3 rings (SSSR count). The summed E-state index contributed by atoms with van der Waals surface area (Å²) in [5.74, 6) is 0.884. The zero-order valence-corrected chi connectivity index (χ0v) is 11.1. The van der Waals surface area contributed by atoms with Crippen LogP contribution in [0.5, 0.6) is 0 Å². The fourth-order valence-corrected chi connectivity index (χ4v) is 2.46. The molecule has 2 nitrogen and oxygen atoms in total. The molecule has 0 amide bonds. The number of imidazole rings is 1. The minimum atomic E-state index is 0.694. The molecule has 0 spiro atoms. The predicted molar refractivity (Wildman–Crippen MR) is 73.3 cm³/mol. The minimum Gasteiger partial charge on any atom is -0.297 e. The van der Waals surface area contributed by atoms with Gasteiger partial charge in [0.05, 0.1) is 10.5 Å². The van der Waals surface area contributed by atoms with E-state index in [4.69, 9.17) is 11.6 Å². The van der Waals surface area contributed by atoms with E-state index in [0.717, 1.165) is 21.5 Å². The van der Waals surface area contributed by atoms with Crippen LogP contribution in [-0.2, 0) is 0 Å². The Balaban J connectivity index is 2.34. The van der Waals surface area contributed by atoms with Gasteiger partial charge in [-0.3, -0.25) is 4.40 Å². The molecule has 0 atom stereocenters. The van der Waals surface area contributed by atoms with Crippen LogP contribution in [0.25, 0.3) is 16.9 Å². The van der Waals surface area contributed by atoms with Gasteiger partial charge in [-0.25, -0.2) is 4.98 Å². The van der Waals surface area contributed by atoms with Gasteiger partial charge in [0.2, 0.25) is 0 Å². The van der Waals surface area contributed by atoms with E-state index in [2.05, 4.69) is 20.9 Å². The molecule has 0 N–H and O–H groups in total. The number of fused-ring (bicyclic) bond motifs is 1. The van der Waals surface area contributed by atoms with E-state index in [-0.39, 0.29) is 0 Å². The number of halogens is 2. The molecule has 3 aromatic rings. The maximum Gasteiger partial charge on any atom is 0.145 e. The molecule has 0 fully saturated rings. The molecule has 0 aliphatic rings. The molecule has 2 aromatic heterocycles. The van der Waals surface area contributed by atoms with Crippen molar-refractivity contribution in [3.05, 3.63) is 58.3 Å². The fraction of sp³-hybridized carbons (Fsp3) is 0. The lowest BCUT2D eigenvalue weighted by Crippen LogP contribution is -1.88. The summed E-state index contributed by atoms with van der Waals surface area (Å²) >= 11 is 9.49. The van der Waals surface area contributed by atoms with Crippen molar-refractivity contribution < 1.29 is 0 Å². The summed E-state index contributed by atoms with van der Waals surface area (Å²) in [6.45, 7) is 0. The number of hydrogen-bond acceptors (Lipinski definition) is 1. The van der Waals surface area contributed by atoms with Crippen molar-refractivity contribution in [1.29, 1.82) is 0 Å². The van der Waals surface area contributed by atoms with Crippen molar-refractivity contribution in [3.63, 3.8) is 0 Å². The van der Waals surface area contributed by atoms with Gasteiger partial charge in [-0.1, -0.05) is 41.9 Å². The van der Waals surface area contributed by atoms with E-state index in [1.54, 1.807) is 0 Å². The van der Waals surface area contributed by atoms with Gasteiger partial charge in [0.1, 0.15) is 10.4 Å². The Labute approximate surface area is 112 Å². The average Bonchev–Trinajstić information content (AvgIpc) is 2.67. The summed E-state index contributed by atoms with van der Waals surface area (Å²) in [4.78, 5) is 4.52. The lowest BCUT2D eigenvalue weighted by atomic mass is 10.2. The average molecular weight is 308 g/mol. The van der Waals surface area contributed by atoms with Crippen molar-refractivity contribution >= 4 is 33.0 Å². The Hall–Kier alpha value is -1.32. The largest absolute Gasteiger partial charge is 0.297 e. The Morgan fingerprint density at radius 1 is 1.06 bits per heavy atom. The van der Waals surface area contributed by atoms with Crippen LogP contribution < -0.4 is 0 Å². The zero-order valence-electron chi connectivity index (χ0n) is 8.77. The third-order valence-electron chi connectivity index (χ3n) is 2.59. The molecule has 0 saturated carbocycles. The van der Waals surface area contributed by atoms with Crippen molar-refractivity contribution in [2.75, 3.05) is 0 Å². The van der Waals surface area contributed by atoms with Crippen LogP contribution in [-0.4, -0.2) is 9.38 Å². The van der Waals surface area contributed by atoms with Gasteiger partial charge < -0.3 is 0 Å². The maximum absolute atomic E-state index is 6.02. The second kappa shape index (κ2) is 4.17. The molecular weight excluding hydrogens is 300 g/mol. The normalized spacial score (nSPS) is 10.9. The van der Waals surface area contributed by atoms with E-state index in [9.17, 15) is 0 Å². The highest BCUT2D eigenvalue weighted by Crippen LogP contribution is 2.27. The number of nitrogens with zero attached hydrogens (tertiary/aromatic N) is 2. The molecule has 17 heavy (non-hydrogen) atoms. The van der Waals surface area contributed by atoms with E-state index >= 15 is 0 Å². The van der Waals surface area contributed by atoms with Gasteiger partial charge in [0.25, 0.3) is 0 Å². The number of aromatic nitrogens is 2. The molecule has 1 aromatic carbocycles. The van der Waals surface area contributed by atoms with Crippen LogP contribution >= 0.6 is 27.5 Å². The third kappa shape index (κ3) is 1.85. The van der Waals surface area contributed by atoms with Gasteiger partial charge in [-0.2, -0.15) is 0 Å². The molecule has 0 aliphatic carbocycles. The standard InChI is InChI=1S/C13H8BrClN2/c14-12-11-7-6-10(15)8-17(11)13(16-12)9-4-2-1-3-5-9/h1-8H. The lowest BCUT2D eigenvalue weighted by molar-refractivity contribution is 1.16. The van der Waals surface area contributed by atoms with Gasteiger partial charge in [-0.15, -0.1) is 0 Å². The highest BCUT2D eigenvalue weighted by molar-refractivity contribution is 9.10. The van der Waals surface area contributed by atoms with Crippen LogP contribution in [0, 0.1) is 0 Å². The minimum absolute atomic E-state index is 0.694. The Kier molecular flexibility index (Phi) is 2.65. The Morgan fingerprint density at radius 3 is 2.59 bits per heavy atom. The Morgan fingerprint density at radius 2 is 1.82 bits per heavy atom. The van der Waals surface area contributed by atoms with Gasteiger partial charge >= 0.3 is 0 Å². The first-order chi connectivity index (χ1) is 8.25. The van der Waals surface area contributed by atoms with Crippen molar-refractivity contribution in [1.82, 2.24) is 9.38 Å². The van der Waals surface area contributed by atoms with Crippen LogP contribution in [0.15, 0.2) is 53.3 Å². The molecule has 0 bridgehead atoms. The number of hydrogen-bond donors (Lipinski definition) is 0. The summed E-state index contributed by atoms with van der Waals surface area (Å²) in [7, 11) is 0. The Bertz CT molecular complexity index is 676. The number of benzene rings is 1. The van der Waals surface area contributed by atoms with Crippen LogP contribution in [0.4, 0.5) is 0 Å². The molecule has 0 radical (unpaired) electrons. The van der Waals surface area contributed by atoms with E-state index in [1.165, 1.54) is 0 Å². The lowest BCUT2D eigenvalue weighted by Gasteiger charge is -2.01. The van der Waals surface area contributed by atoms with Crippen molar-refractivity contribution in [2.45, 2.75) is 0 Å². The summed E-state index contributed by atoms with van der Waals surface area (Å²) in [6, 6.07) is 13.8. The quantitative estimate of drug-likeness (QED) is 0.650. The highest BCUT2D eigenvalue weighted by Gasteiger charge is 2.10. The van der Waals surface area contributed by atoms with E-state index in [0.29, 0.717) is 5.02 Å². The van der Waals surface area contributed by atoms with Crippen molar-refractivity contribution in [2.24, 2.45) is 0 Å². The molecule has 4 heteroatoms. The topological polar surface area (TPSA) is 17.3 Å². The van der Waals surface area contributed by atoms with Crippen LogP contribution in [0.2, 0.25) is 5.02 Å². The molecule has 0 unspecified atom stereocenters. The second-order valence-electron chi connectivity index (χ2n) is 3.69. The van der Waals surface area contributed by atoms with Gasteiger partial charge in [0.15, 0.2) is 0 Å². The number of pyridine rings is 1. The number of rotatable bonds is 1. The summed E-state index contributed by atoms with van der Waals surface area (Å²) < 4.78 is 2.81. The van der Waals surface area contributed by atoms with E-state index in [1.807, 2.05) is 53.1 Å². The molecule has 0 aliphatic heterocycles. The molecule has 0 saturated heterocycles. The molecule has 84 valence electrons. The molecule has 2 heterocycles. The summed E-state index contributed by atoms with van der Waals surface area (Å²) in [5, 5.41) is 0.694. The van der Waals surface area contributed by atoms with E-state index < -0.39 is 0 Å². The first-order valence-corrected chi connectivity index (χ1v) is 6.31. The summed E-state index contributed by atoms with van der Waals surface area (Å²) in [6.07, 6.45) is 1.87. The van der Waals surface area contributed by atoms with Gasteiger partial charge in [-0.05, 0) is 28.1 Å².